The summed E-state index contributed by atoms with van der Waals surface area (Å²) >= 11 is 0. The second-order valence-corrected chi connectivity index (χ2v) is 5.75. The van der Waals surface area contributed by atoms with E-state index in [1.54, 1.807) is 6.33 Å². The van der Waals surface area contributed by atoms with Crippen LogP contribution in [0.1, 0.15) is 51.2 Å². The second kappa shape index (κ2) is 3.86. The van der Waals surface area contributed by atoms with Crippen LogP contribution in [-0.2, 0) is 12.1 Å². The molecule has 2 aromatic heterocycles. The molecule has 1 aliphatic carbocycles. The number of hydrogen-bond donors (Lipinski definition) is 0. The van der Waals surface area contributed by atoms with Gasteiger partial charge in [0.1, 0.15) is 12.9 Å². The molecular weight excluding hydrogens is 230 g/mol. The van der Waals surface area contributed by atoms with Gasteiger partial charge in [0, 0.05) is 5.92 Å². The average molecular weight is 247 g/mol. The Morgan fingerprint density at radius 1 is 1.33 bits per heavy atom. The van der Waals surface area contributed by atoms with E-state index in [2.05, 4.69) is 46.4 Å². The molecule has 0 bridgehead atoms. The summed E-state index contributed by atoms with van der Waals surface area (Å²) in [5.41, 5.74) is -0.126. The van der Waals surface area contributed by atoms with Crippen molar-refractivity contribution in [1.82, 2.24) is 35.0 Å². The molecule has 0 aliphatic heterocycles. The van der Waals surface area contributed by atoms with Gasteiger partial charge in [0.05, 0.1) is 5.54 Å². The van der Waals surface area contributed by atoms with Gasteiger partial charge in [-0.3, -0.25) is 0 Å². The van der Waals surface area contributed by atoms with Gasteiger partial charge >= 0.3 is 0 Å². The Hall–Kier alpha value is -1.79. The standard InChI is InChI=1S/C11H17N7/c1-11(2,3)18-9(13-15-16-18)6-17-7-12-10(14-17)8-4-5-8/h7-8H,4-6H2,1-3H3. The maximum Gasteiger partial charge on any atom is 0.173 e. The fourth-order valence-electron chi connectivity index (χ4n) is 1.88. The fourth-order valence-corrected chi connectivity index (χ4v) is 1.88. The van der Waals surface area contributed by atoms with Crippen molar-refractivity contribution in [3.63, 3.8) is 0 Å². The van der Waals surface area contributed by atoms with Gasteiger partial charge in [-0.25, -0.2) is 14.3 Å². The molecule has 0 radical (unpaired) electrons. The molecule has 0 amide bonds. The van der Waals surface area contributed by atoms with Crippen molar-refractivity contribution in [2.24, 2.45) is 0 Å². The topological polar surface area (TPSA) is 74.3 Å². The van der Waals surface area contributed by atoms with Crippen molar-refractivity contribution >= 4 is 0 Å². The van der Waals surface area contributed by atoms with Crippen molar-refractivity contribution in [2.45, 2.75) is 51.6 Å². The van der Waals surface area contributed by atoms with Crippen molar-refractivity contribution in [3.8, 4) is 0 Å². The van der Waals surface area contributed by atoms with Crippen LogP contribution in [0, 0.1) is 0 Å². The van der Waals surface area contributed by atoms with E-state index in [-0.39, 0.29) is 5.54 Å². The summed E-state index contributed by atoms with van der Waals surface area (Å²) in [7, 11) is 0. The van der Waals surface area contributed by atoms with Crippen molar-refractivity contribution in [3.05, 3.63) is 18.0 Å². The van der Waals surface area contributed by atoms with Crippen LogP contribution in [0.3, 0.4) is 0 Å². The summed E-state index contributed by atoms with van der Waals surface area (Å²) in [4.78, 5) is 4.32. The highest BCUT2D eigenvalue weighted by atomic mass is 15.6. The van der Waals surface area contributed by atoms with Crippen LogP contribution in [-0.4, -0.2) is 35.0 Å². The summed E-state index contributed by atoms with van der Waals surface area (Å²) in [6, 6.07) is 0. The van der Waals surface area contributed by atoms with Crippen LogP contribution in [0.2, 0.25) is 0 Å². The van der Waals surface area contributed by atoms with Gasteiger partial charge in [-0.15, -0.1) is 5.10 Å². The van der Waals surface area contributed by atoms with E-state index in [0.717, 1.165) is 11.6 Å². The van der Waals surface area contributed by atoms with Gasteiger partial charge in [0.15, 0.2) is 11.6 Å². The largest absolute Gasteiger partial charge is 0.245 e. The minimum Gasteiger partial charge on any atom is -0.245 e. The second-order valence-electron chi connectivity index (χ2n) is 5.75. The van der Waals surface area contributed by atoms with Crippen LogP contribution >= 0.6 is 0 Å². The van der Waals surface area contributed by atoms with Crippen molar-refractivity contribution in [2.75, 3.05) is 0 Å². The summed E-state index contributed by atoms with van der Waals surface area (Å²) in [6.07, 6.45) is 4.18. The molecule has 96 valence electrons. The molecule has 7 heteroatoms. The molecule has 1 aliphatic rings. The third-order valence-electron chi connectivity index (χ3n) is 2.97. The lowest BCUT2D eigenvalue weighted by Crippen LogP contribution is -2.26. The highest BCUT2D eigenvalue weighted by molar-refractivity contribution is 5.02. The predicted octanol–water partition coefficient (Wildman–Crippen LogP) is 0.945. The Balaban J connectivity index is 1.81. The molecule has 18 heavy (non-hydrogen) atoms. The molecular formula is C11H17N7. The Labute approximate surface area is 105 Å². The quantitative estimate of drug-likeness (QED) is 0.807. The molecule has 2 aromatic rings. The summed E-state index contributed by atoms with van der Waals surface area (Å²) in [6.45, 7) is 6.78. The molecule has 7 nitrogen and oxygen atoms in total. The molecule has 0 N–H and O–H groups in total. The van der Waals surface area contributed by atoms with E-state index in [1.807, 2.05) is 9.36 Å². The lowest BCUT2D eigenvalue weighted by molar-refractivity contribution is 0.331. The molecule has 1 fully saturated rings. The monoisotopic (exact) mass is 247 g/mol. The van der Waals surface area contributed by atoms with E-state index in [1.165, 1.54) is 12.8 Å². The van der Waals surface area contributed by atoms with Crippen LogP contribution in [0.4, 0.5) is 0 Å². The molecule has 0 unspecified atom stereocenters. The minimum atomic E-state index is -0.126. The van der Waals surface area contributed by atoms with Crippen LogP contribution < -0.4 is 0 Å². The first-order valence-corrected chi connectivity index (χ1v) is 6.21. The van der Waals surface area contributed by atoms with Gasteiger partial charge in [-0.1, -0.05) is 0 Å². The Kier molecular flexibility index (Phi) is 2.42. The number of nitrogens with zero attached hydrogens (tertiary/aromatic N) is 7. The molecule has 3 rings (SSSR count). The molecule has 0 saturated heterocycles. The van der Waals surface area contributed by atoms with E-state index in [0.29, 0.717) is 12.5 Å². The van der Waals surface area contributed by atoms with Crippen LogP contribution in [0.15, 0.2) is 6.33 Å². The number of aromatic nitrogens is 7. The zero-order valence-electron chi connectivity index (χ0n) is 10.9. The molecule has 0 spiro atoms. The molecule has 1 saturated carbocycles. The third kappa shape index (κ3) is 2.12. The van der Waals surface area contributed by atoms with Crippen LogP contribution in [0.25, 0.3) is 0 Å². The van der Waals surface area contributed by atoms with Gasteiger partial charge in [0.25, 0.3) is 0 Å². The number of rotatable bonds is 3. The van der Waals surface area contributed by atoms with Crippen LogP contribution in [0.5, 0.6) is 0 Å². The highest BCUT2D eigenvalue weighted by Gasteiger charge is 2.27. The summed E-state index contributed by atoms with van der Waals surface area (Å²) < 4.78 is 3.63. The Bertz CT molecular complexity index is 544. The lowest BCUT2D eigenvalue weighted by atomic mass is 10.1. The van der Waals surface area contributed by atoms with E-state index >= 15 is 0 Å². The average Bonchev–Trinajstić information content (AvgIpc) is 2.85. The van der Waals surface area contributed by atoms with E-state index in [9.17, 15) is 0 Å². The zero-order valence-corrected chi connectivity index (χ0v) is 10.9. The van der Waals surface area contributed by atoms with Gasteiger partial charge < -0.3 is 0 Å². The Morgan fingerprint density at radius 3 is 2.78 bits per heavy atom. The minimum absolute atomic E-state index is 0.126. The van der Waals surface area contributed by atoms with Gasteiger partial charge in [0.2, 0.25) is 0 Å². The first-order valence-electron chi connectivity index (χ1n) is 6.21. The maximum atomic E-state index is 4.47. The van der Waals surface area contributed by atoms with E-state index < -0.39 is 0 Å². The van der Waals surface area contributed by atoms with E-state index in [4.69, 9.17) is 0 Å². The van der Waals surface area contributed by atoms with Gasteiger partial charge in [-0.2, -0.15) is 5.10 Å². The lowest BCUT2D eigenvalue weighted by Gasteiger charge is -2.19. The first kappa shape index (κ1) is 11.3. The first-order chi connectivity index (χ1) is 8.54. The smallest absolute Gasteiger partial charge is 0.173 e. The normalized spacial score (nSPS) is 16.2. The highest BCUT2D eigenvalue weighted by Crippen LogP contribution is 2.37. The summed E-state index contributed by atoms with van der Waals surface area (Å²) in [5, 5.41) is 16.3. The molecule has 0 aromatic carbocycles. The predicted molar refractivity (Wildman–Crippen MR) is 63.9 cm³/mol. The summed E-state index contributed by atoms with van der Waals surface area (Å²) in [5.74, 6) is 2.32. The van der Waals surface area contributed by atoms with Crippen molar-refractivity contribution in [1.29, 1.82) is 0 Å². The third-order valence-corrected chi connectivity index (χ3v) is 2.97. The molecule has 2 heterocycles. The Morgan fingerprint density at radius 2 is 2.11 bits per heavy atom. The SMILES string of the molecule is CC(C)(C)n1nnnc1Cn1cnc(C2CC2)n1. The number of tetrazole rings is 1. The van der Waals surface area contributed by atoms with Crippen molar-refractivity contribution < 1.29 is 0 Å². The molecule has 0 atom stereocenters. The van der Waals surface area contributed by atoms with Gasteiger partial charge in [-0.05, 0) is 44.0 Å². The maximum absolute atomic E-state index is 4.47. The fraction of sp³-hybridized carbons (Fsp3) is 0.727. The number of hydrogen-bond acceptors (Lipinski definition) is 5. The zero-order chi connectivity index (χ0) is 12.8.